The summed E-state index contributed by atoms with van der Waals surface area (Å²) >= 11 is 0. The highest BCUT2D eigenvalue weighted by molar-refractivity contribution is 6.06. The number of halogens is 2. The molecule has 166 valence electrons. The molecular weight excluding hydrogens is 439 g/mol. The van der Waals surface area contributed by atoms with Gasteiger partial charge < -0.3 is 20.9 Å². The standard InChI is InChI=1S/C21H24N6O2.2ClH/c28-20(23-8-11-27-9-6-22-7-10-27)15-2-1-3-17(12-15)26-21(29)16-4-5-18-19(13-16)25-14-24-18;;/h1-5,12-14,22H,6-11H2,(H,23,28)(H,24,25)(H,26,29);2*1H. The quantitative estimate of drug-likeness (QED) is 0.448. The first-order valence-electron chi connectivity index (χ1n) is 9.75. The molecular formula is C21H26Cl2N6O2. The summed E-state index contributed by atoms with van der Waals surface area (Å²) in [6.07, 6.45) is 1.59. The van der Waals surface area contributed by atoms with Gasteiger partial charge >= 0.3 is 0 Å². The summed E-state index contributed by atoms with van der Waals surface area (Å²) in [5.74, 6) is -0.382. The maximum absolute atomic E-state index is 12.6. The molecule has 1 saturated heterocycles. The number of nitrogens with one attached hydrogen (secondary N) is 4. The lowest BCUT2D eigenvalue weighted by Gasteiger charge is -2.27. The summed E-state index contributed by atoms with van der Waals surface area (Å²) in [5, 5.41) is 9.11. The lowest BCUT2D eigenvalue weighted by molar-refractivity contribution is 0.0946. The van der Waals surface area contributed by atoms with Gasteiger partial charge in [-0.2, -0.15) is 0 Å². The highest BCUT2D eigenvalue weighted by Gasteiger charge is 2.12. The molecule has 1 aromatic heterocycles. The zero-order valence-corrected chi connectivity index (χ0v) is 18.5. The van der Waals surface area contributed by atoms with Gasteiger partial charge in [-0.05, 0) is 36.4 Å². The van der Waals surface area contributed by atoms with E-state index in [-0.39, 0.29) is 36.6 Å². The number of nitrogens with zero attached hydrogens (tertiary/aromatic N) is 2. The minimum absolute atomic E-state index is 0. The molecule has 0 unspecified atom stereocenters. The van der Waals surface area contributed by atoms with E-state index in [9.17, 15) is 9.59 Å². The van der Waals surface area contributed by atoms with Gasteiger partial charge in [0, 0.05) is 56.1 Å². The summed E-state index contributed by atoms with van der Waals surface area (Å²) in [6, 6.07) is 12.2. The summed E-state index contributed by atoms with van der Waals surface area (Å²) in [7, 11) is 0. The van der Waals surface area contributed by atoms with Crippen molar-refractivity contribution in [1.29, 1.82) is 0 Å². The van der Waals surface area contributed by atoms with Crippen molar-refractivity contribution >= 4 is 53.3 Å². The number of benzene rings is 2. The Labute approximate surface area is 193 Å². The third-order valence-electron chi connectivity index (χ3n) is 4.99. The molecule has 10 heteroatoms. The number of amides is 2. The highest BCUT2D eigenvalue weighted by atomic mass is 35.5. The van der Waals surface area contributed by atoms with Crippen molar-refractivity contribution in [1.82, 2.24) is 25.5 Å². The second kappa shape index (κ2) is 11.7. The first kappa shape index (κ1) is 24.6. The molecule has 2 amide bonds. The lowest BCUT2D eigenvalue weighted by Crippen LogP contribution is -2.46. The molecule has 0 bridgehead atoms. The van der Waals surface area contributed by atoms with Crippen molar-refractivity contribution in [2.45, 2.75) is 0 Å². The number of aromatic amines is 1. The number of hydrogen-bond donors (Lipinski definition) is 4. The number of fused-ring (bicyclic) bond motifs is 1. The molecule has 8 nitrogen and oxygen atoms in total. The van der Waals surface area contributed by atoms with Gasteiger partial charge in [0.25, 0.3) is 11.8 Å². The fourth-order valence-corrected chi connectivity index (χ4v) is 3.38. The molecule has 0 radical (unpaired) electrons. The first-order valence-corrected chi connectivity index (χ1v) is 9.75. The van der Waals surface area contributed by atoms with Gasteiger partial charge in [-0.25, -0.2) is 4.98 Å². The number of piperazine rings is 1. The Bertz CT molecular complexity index is 1020. The Balaban J connectivity index is 0.00000171. The van der Waals surface area contributed by atoms with E-state index < -0.39 is 0 Å². The monoisotopic (exact) mass is 464 g/mol. The molecule has 0 aliphatic carbocycles. The second-order valence-electron chi connectivity index (χ2n) is 7.02. The van der Waals surface area contributed by atoms with Crippen LogP contribution in [0, 0.1) is 0 Å². The van der Waals surface area contributed by atoms with Crippen LogP contribution in [0.15, 0.2) is 48.8 Å². The predicted octanol–water partition coefficient (Wildman–Crippen LogP) is 2.29. The molecule has 2 aromatic carbocycles. The zero-order valence-electron chi connectivity index (χ0n) is 16.9. The third kappa shape index (κ3) is 6.41. The topological polar surface area (TPSA) is 102 Å². The van der Waals surface area contributed by atoms with Gasteiger partial charge in [-0.3, -0.25) is 14.5 Å². The Kier molecular flexibility index (Phi) is 9.26. The van der Waals surface area contributed by atoms with Gasteiger partial charge in [-0.1, -0.05) is 6.07 Å². The molecule has 1 aliphatic rings. The number of carbonyl (C=O) groups excluding carboxylic acids is 2. The van der Waals surface area contributed by atoms with Crippen molar-refractivity contribution in [2.75, 3.05) is 44.6 Å². The van der Waals surface area contributed by atoms with E-state index in [4.69, 9.17) is 0 Å². The average molecular weight is 465 g/mol. The fourth-order valence-electron chi connectivity index (χ4n) is 3.38. The summed E-state index contributed by atoms with van der Waals surface area (Å²) in [5.41, 5.74) is 3.23. The van der Waals surface area contributed by atoms with Gasteiger partial charge in [-0.15, -0.1) is 24.8 Å². The minimum Gasteiger partial charge on any atom is -0.351 e. The van der Waals surface area contributed by atoms with Crippen molar-refractivity contribution in [3.63, 3.8) is 0 Å². The lowest BCUT2D eigenvalue weighted by atomic mass is 10.1. The summed E-state index contributed by atoms with van der Waals surface area (Å²) in [6.45, 7) is 5.41. The van der Waals surface area contributed by atoms with E-state index in [1.807, 2.05) is 0 Å². The molecule has 4 N–H and O–H groups in total. The number of hydrogen-bond acceptors (Lipinski definition) is 5. The van der Waals surface area contributed by atoms with Crippen LogP contribution in [-0.2, 0) is 0 Å². The second-order valence-corrected chi connectivity index (χ2v) is 7.02. The molecule has 0 atom stereocenters. The van der Waals surface area contributed by atoms with E-state index in [2.05, 4.69) is 30.8 Å². The summed E-state index contributed by atoms with van der Waals surface area (Å²) < 4.78 is 0. The molecule has 1 fully saturated rings. The van der Waals surface area contributed by atoms with Gasteiger partial charge in [0.1, 0.15) is 0 Å². The first-order chi connectivity index (χ1) is 14.2. The van der Waals surface area contributed by atoms with Gasteiger partial charge in [0.05, 0.1) is 17.4 Å². The van der Waals surface area contributed by atoms with Crippen LogP contribution in [0.3, 0.4) is 0 Å². The van der Waals surface area contributed by atoms with Crippen molar-refractivity contribution in [3.05, 3.63) is 59.9 Å². The van der Waals surface area contributed by atoms with E-state index in [0.29, 0.717) is 23.4 Å². The van der Waals surface area contributed by atoms with Crippen LogP contribution in [0.25, 0.3) is 11.0 Å². The Morgan fingerprint density at radius 2 is 1.77 bits per heavy atom. The molecule has 0 spiro atoms. The maximum Gasteiger partial charge on any atom is 0.255 e. The smallest absolute Gasteiger partial charge is 0.255 e. The fraction of sp³-hybridized carbons (Fsp3) is 0.286. The van der Waals surface area contributed by atoms with Crippen LogP contribution < -0.4 is 16.0 Å². The Morgan fingerprint density at radius 3 is 2.58 bits per heavy atom. The van der Waals surface area contributed by atoms with Crippen molar-refractivity contribution in [2.24, 2.45) is 0 Å². The number of carbonyl (C=O) groups is 2. The van der Waals surface area contributed by atoms with E-state index >= 15 is 0 Å². The molecule has 1 aliphatic heterocycles. The van der Waals surface area contributed by atoms with Crippen LogP contribution in [0.4, 0.5) is 5.69 Å². The van der Waals surface area contributed by atoms with Crippen molar-refractivity contribution < 1.29 is 9.59 Å². The summed E-state index contributed by atoms with van der Waals surface area (Å²) in [4.78, 5) is 34.5. The number of anilines is 1. The van der Waals surface area contributed by atoms with Crippen LogP contribution in [0.5, 0.6) is 0 Å². The Hall–Kier alpha value is -2.65. The average Bonchev–Trinajstić information content (AvgIpc) is 3.22. The highest BCUT2D eigenvalue weighted by Crippen LogP contribution is 2.15. The van der Waals surface area contributed by atoms with Gasteiger partial charge in [0.2, 0.25) is 0 Å². The van der Waals surface area contributed by atoms with Gasteiger partial charge in [0.15, 0.2) is 0 Å². The molecule has 0 saturated carbocycles. The molecule has 4 rings (SSSR count). The third-order valence-corrected chi connectivity index (χ3v) is 4.99. The number of H-pyrrole nitrogens is 1. The molecule has 2 heterocycles. The van der Waals surface area contributed by atoms with Crippen LogP contribution in [0.1, 0.15) is 20.7 Å². The number of imidazole rings is 1. The zero-order chi connectivity index (χ0) is 20.1. The van der Waals surface area contributed by atoms with E-state index in [0.717, 1.165) is 43.8 Å². The SMILES string of the molecule is Cl.Cl.O=C(NCCN1CCNCC1)c1cccc(NC(=O)c2ccc3nc[nH]c3c2)c1. The number of aromatic nitrogens is 2. The van der Waals surface area contributed by atoms with Crippen LogP contribution in [0.2, 0.25) is 0 Å². The van der Waals surface area contributed by atoms with Crippen LogP contribution >= 0.6 is 24.8 Å². The number of rotatable bonds is 6. The maximum atomic E-state index is 12.6. The minimum atomic E-state index is -0.238. The largest absolute Gasteiger partial charge is 0.351 e. The Morgan fingerprint density at radius 1 is 1.00 bits per heavy atom. The predicted molar refractivity (Wildman–Crippen MR) is 127 cm³/mol. The molecule has 31 heavy (non-hydrogen) atoms. The van der Waals surface area contributed by atoms with Crippen molar-refractivity contribution in [3.8, 4) is 0 Å². The van der Waals surface area contributed by atoms with E-state index in [1.165, 1.54) is 0 Å². The van der Waals surface area contributed by atoms with E-state index in [1.54, 1.807) is 48.8 Å². The normalized spacial score (nSPS) is 13.7. The van der Waals surface area contributed by atoms with Crippen LogP contribution in [-0.4, -0.2) is 66.0 Å². The molecule has 3 aromatic rings.